The van der Waals surface area contributed by atoms with Crippen molar-refractivity contribution in [3.05, 3.63) is 30.3 Å². The van der Waals surface area contributed by atoms with Crippen LogP contribution in [0.5, 0.6) is 0 Å². The molecule has 0 saturated heterocycles. The first-order chi connectivity index (χ1) is 9.20. The molecule has 0 spiro atoms. The molecule has 0 fully saturated rings. The van der Waals surface area contributed by atoms with Gasteiger partial charge in [-0.15, -0.1) is 11.8 Å². The number of H-pyrrole nitrogens is 1. The van der Waals surface area contributed by atoms with E-state index in [-0.39, 0.29) is 11.9 Å². The van der Waals surface area contributed by atoms with Gasteiger partial charge in [0.15, 0.2) is 0 Å². The zero-order valence-electron chi connectivity index (χ0n) is 11.0. The lowest BCUT2D eigenvalue weighted by molar-refractivity contribution is -0.119. The Kier molecular flexibility index (Phi) is 4.87. The number of thioether (sulfide) groups is 1. The normalized spacial score (nSPS) is 12.7. The molecule has 4 N–H and O–H groups in total. The van der Waals surface area contributed by atoms with E-state index in [0.717, 1.165) is 23.5 Å². The van der Waals surface area contributed by atoms with Crippen LogP contribution in [0.25, 0.3) is 10.9 Å². The summed E-state index contributed by atoms with van der Waals surface area (Å²) in [6.45, 7) is 2.87. The largest absolute Gasteiger partial charge is 0.368 e. The number of para-hydroxylation sites is 1. The highest BCUT2D eigenvalue weighted by Crippen LogP contribution is 2.23. The Labute approximate surface area is 117 Å². The molecule has 0 aliphatic rings. The number of carbonyl (C=O) groups excluding carboxylic acids is 1. The van der Waals surface area contributed by atoms with Crippen molar-refractivity contribution in [3.63, 3.8) is 0 Å². The molecule has 0 bridgehead atoms. The third kappa shape index (κ3) is 3.75. The minimum Gasteiger partial charge on any atom is -0.368 e. The third-order valence-electron chi connectivity index (χ3n) is 2.89. The molecule has 4 nitrogen and oxygen atoms in total. The van der Waals surface area contributed by atoms with Crippen molar-refractivity contribution in [2.45, 2.75) is 24.4 Å². The molecule has 1 amide bonds. The van der Waals surface area contributed by atoms with E-state index in [4.69, 9.17) is 5.73 Å². The fourth-order valence-corrected chi connectivity index (χ4v) is 2.88. The quantitative estimate of drug-likeness (QED) is 0.679. The van der Waals surface area contributed by atoms with Crippen LogP contribution in [0, 0.1) is 0 Å². The Balaban J connectivity index is 1.97. The second kappa shape index (κ2) is 6.63. The van der Waals surface area contributed by atoms with Crippen molar-refractivity contribution in [2.75, 3.05) is 12.3 Å². The predicted octanol–water partition coefficient (Wildman–Crippen LogP) is 2.11. The van der Waals surface area contributed by atoms with E-state index in [2.05, 4.69) is 29.4 Å². The van der Waals surface area contributed by atoms with E-state index >= 15 is 0 Å². The first-order valence-electron chi connectivity index (χ1n) is 6.44. The Bertz CT molecular complexity index is 519. The summed E-state index contributed by atoms with van der Waals surface area (Å²) in [5.74, 6) is 0.347. The number of benzene rings is 1. The summed E-state index contributed by atoms with van der Waals surface area (Å²) in [6.07, 6.45) is 0.987. The smallest absolute Gasteiger partial charge is 0.235 e. The molecule has 0 aliphatic heterocycles. The molecule has 0 aliphatic carbocycles. The van der Waals surface area contributed by atoms with Gasteiger partial charge in [-0.1, -0.05) is 25.1 Å². The number of aromatic nitrogens is 1. The van der Waals surface area contributed by atoms with Gasteiger partial charge >= 0.3 is 0 Å². The third-order valence-corrected chi connectivity index (χ3v) is 3.93. The van der Waals surface area contributed by atoms with Gasteiger partial charge in [0, 0.05) is 16.7 Å². The highest BCUT2D eigenvalue weighted by atomic mass is 32.2. The molecule has 1 aromatic carbocycles. The number of rotatable bonds is 7. The molecule has 1 heterocycles. The highest BCUT2D eigenvalue weighted by Gasteiger charge is 2.14. The Morgan fingerprint density at radius 1 is 1.47 bits per heavy atom. The van der Waals surface area contributed by atoms with Crippen molar-refractivity contribution in [2.24, 2.45) is 5.73 Å². The van der Waals surface area contributed by atoms with Gasteiger partial charge in [-0.05, 0) is 25.1 Å². The summed E-state index contributed by atoms with van der Waals surface area (Å²) in [7, 11) is 0. The lowest BCUT2D eigenvalue weighted by Gasteiger charge is -2.13. The van der Waals surface area contributed by atoms with Gasteiger partial charge in [-0.2, -0.15) is 0 Å². The zero-order chi connectivity index (χ0) is 13.7. The van der Waals surface area contributed by atoms with Gasteiger partial charge in [0.25, 0.3) is 0 Å². The topological polar surface area (TPSA) is 70.9 Å². The number of nitrogens with one attached hydrogen (secondary N) is 2. The maximum atomic E-state index is 11.3. The fourth-order valence-electron chi connectivity index (χ4n) is 1.86. The van der Waals surface area contributed by atoms with Gasteiger partial charge < -0.3 is 16.0 Å². The number of primary amides is 1. The number of hydrogen-bond donors (Lipinski definition) is 3. The van der Waals surface area contributed by atoms with E-state index in [0.29, 0.717) is 5.75 Å². The molecule has 1 aromatic heterocycles. The summed E-state index contributed by atoms with van der Waals surface area (Å²) in [6, 6.07) is 9.94. The van der Waals surface area contributed by atoms with E-state index in [1.54, 1.807) is 11.8 Å². The maximum Gasteiger partial charge on any atom is 0.235 e. The fraction of sp³-hybridized carbons (Fsp3) is 0.357. The molecule has 0 radical (unpaired) electrons. The number of amides is 1. The van der Waals surface area contributed by atoms with Crippen LogP contribution in [0.1, 0.15) is 13.3 Å². The number of nitrogens with two attached hydrogens (primary N) is 1. The molecule has 2 rings (SSSR count). The molecule has 1 unspecified atom stereocenters. The van der Waals surface area contributed by atoms with E-state index in [1.165, 1.54) is 5.39 Å². The summed E-state index contributed by atoms with van der Waals surface area (Å²) >= 11 is 1.61. The summed E-state index contributed by atoms with van der Waals surface area (Å²) < 4.78 is 0. The van der Waals surface area contributed by atoms with E-state index in [1.807, 2.05) is 18.2 Å². The van der Waals surface area contributed by atoms with Crippen LogP contribution < -0.4 is 11.1 Å². The lowest BCUT2D eigenvalue weighted by atomic mass is 10.3. The van der Waals surface area contributed by atoms with Crippen molar-refractivity contribution >= 4 is 28.6 Å². The van der Waals surface area contributed by atoms with Gasteiger partial charge in [-0.3, -0.25) is 4.79 Å². The number of carbonyl (C=O) groups is 1. The van der Waals surface area contributed by atoms with E-state index in [9.17, 15) is 4.79 Å². The summed E-state index contributed by atoms with van der Waals surface area (Å²) in [5.41, 5.74) is 6.50. The van der Waals surface area contributed by atoms with Crippen molar-refractivity contribution in [1.29, 1.82) is 0 Å². The molecule has 2 aromatic rings. The second-order valence-corrected chi connectivity index (χ2v) is 5.50. The van der Waals surface area contributed by atoms with Gasteiger partial charge in [0.05, 0.1) is 11.1 Å². The summed E-state index contributed by atoms with van der Waals surface area (Å²) in [4.78, 5) is 14.7. The first-order valence-corrected chi connectivity index (χ1v) is 7.42. The van der Waals surface area contributed by atoms with Crippen molar-refractivity contribution < 1.29 is 4.79 Å². The molecule has 1 atom stereocenters. The van der Waals surface area contributed by atoms with Crippen molar-refractivity contribution in [1.82, 2.24) is 10.3 Å². The monoisotopic (exact) mass is 277 g/mol. The van der Waals surface area contributed by atoms with Crippen LogP contribution in [0.15, 0.2) is 35.4 Å². The average Bonchev–Trinajstić information content (AvgIpc) is 2.81. The van der Waals surface area contributed by atoms with Gasteiger partial charge in [0.1, 0.15) is 0 Å². The predicted molar refractivity (Wildman–Crippen MR) is 80.3 cm³/mol. The molecule has 5 heteroatoms. The van der Waals surface area contributed by atoms with Crippen LogP contribution in [-0.4, -0.2) is 29.2 Å². The first kappa shape index (κ1) is 14.0. The minimum absolute atomic E-state index is 0.281. The molecule has 102 valence electrons. The van der Waals surface area contributed by atoms with Gasteiger partial charge in [-0.25, -0.2) is 0 Å². The molecular formula is C14H19N3OS. The number of fused-ring (bicyclic) bond motifs is 1. The van der Waals surface area contributed by atoms with Crippen LogP contribution in [-0.2, 0) is 4.79 Å². The Morgan fingerprint density at radius 2 is 2.26 bits per heavy atom. The lowest BCUT2D eigenvalue weighted by Crippen LogP contribution is -2.43. The Morgan fingerprint density at radius 3 is 2.95 bits per heavy atom. The molecule has 19 heavy (non-hydrogen) atoms. The Hall–Kier alpha value is -1.46. The number of hydrogen-bond acceptors (Lipinski definition) is 3. The summed E-state index contributed by atoms with van der Waals surface area (Å²) in [5, 5.41) is 5.41. The highest BCUT2D eigenvalue weighted by molar-refractivity contribution is 7.99. The van der Waals surface area contributed by atoms with Crippen LogP contribution in [0.4, 0.5) is 0 Å². The standard InChI is InChI=1S/C14H19N3OS/c1-2-7-16-12(14(15)18)9-19-13-8-10-5-3-4-6-11(10)17-13/h3-6,8,12,16-17H,2,7,9H2,1H3,(H2,15,18). The SMILES string of the molecule is CCCNC(CSc1cc2ccccc2[nH]1)C(N)=O. The van der Waals surface area contributed by atoms with Gasteiger partial charge in [0.2, 0.25) is 5.91 Å². The van der Waals surface area contributed by atoms with Crippen LogP contribution >= 0.6 is 11.8 Å². The minimum atomic E-state index is -0.294. The second-order valence-electron chi connectivity index (χ2n) is 4.44. The van der Waals surface area contributed by atoms with E-state index < -0.39 is 0 Å². The average molecular weight is 277 g/mol. The molecule has 0 saturated carbocycles. The maximum absolute atomic E-state index is 11.3. The zero-order valence-corrected chi connectivity index (χ0v) is 11.8. The van der Waals surface area contributed by atoms with Crippen LogP contribution in [0.2, 0.25) is 0 Å². The number of aromatic amines is 1. The molecular weight excluding hydrogens is 258 g/mol. The van der Waals surface area contributed by atoms with Crippen molar-refractivity contribution in [3.8, 4) is 0 Å². The van der Waals surface area contributed by atoms with Crippen LogP contribution in [0.3, 0.4) is 0 Å².